The molecule has 1 saturated heterocycles. The van der Waals surface area contributed by atoms with Crippen molar-refractivity contribution >= 4 is 22.6 Å². The summed E-state index contributed by atoms with van der Waals surface area (Å²) in [5.74, 6) is 1.89. The van der Waals surface area contributed by atoms with Crippen LogP contribution in [0.3, 0.4) is 0 Å². The Balaban J connectivity index is 1.27. The molecule has 2 aliphatic rings. The lowest BCUT2D eigenvalue weighted by Gasteiger charge is -2.38. The van der Waals surface area contributed by atoms with Crippen LogP contribution in [-0.4, -0.2) is 53.1 Å². The summed E-state index contributed by atoms with van der Waals surface area (Å²) >= 11 is 0. The van der Waals surface area contributed by atoms with Crippen LogP contribution < -0.4 is 9.64 Å². The van der Waals surface area contributed by atoms with Crippen LogP contribution in [0, 0.1) is 0 Å². The van der Waals surface area contributed by atoms with Gasteiger partial charge in [0.05, 0.1) is 5.52 Å². The van der Waals surface area contributed by atoms with Crippen molar-refractivity contribution in [2.45, 2.75) is 18.9 Å². The van der Waals surface area contributed by atoms with Crippen LogP contribution in [0.2, 0.25) is 0 Å². The second-order valence-corrected chi connectivity index (χ2v) is 7.28. The Bertz CT molecular complexity index is 1010. The predicted molar refractivity (Wildman–Crippen MR) is 108 cm³/mol. The first-order chi connectivity index (χ1) is 13.8. The first-order valence-corrected chi connectivity index (χ1v) is 9.77. The number of carbonyl (C=O) groups is 1. The molecule has 5 rings (SSSR count). The van der Waals surface area contributed by atoms with E-state index in [0.717, 1.165) is 48.4 Å². The summed E-state index contributed by atoms with van der Waals surface area (Å²) in [6.45, 7) is 2.88. The lowest BCUT2D eigenvalue weighted by molar-refractivity contribution is -0.139. The van der Waals surface area contributed by atoms with Gasteiger partial charge < -0.3 is 14.5 Å². The lowest BCUT2D eigenvalue weighted by Crippen LogP contribution is -2.53. The first-order valence-electron chi connectivity index (χ1n) is 9.77. The number of rotatable bonds is 2. The summed E-state index contributed by atoms with van der Waals surface area (Å²) in [5, 5.41) is 1.05. The molecule has 142 valence electrons. The minimum atomic E-state index is -0.374. The number of fused-ring (bicyclic) bond motifs is 2. The second kappa shape index (κ2) is 7.11. The molecule has 6 heteroatoms. The third kappa shape index (κ3) is 3.05. The Kier molecular flexibility index (Phi) is 4.31. The van der Waals surface area contributed by atoms with Gasteiger partial charge in [-0.15, -0.1) is 0 Å². The molecule has 0 spiro atoms. The van der Waals surface area contributed by atoms with Gasteiger partial charge in [0, 0.05) is 31.6 Å². The number of aromatic nitrogens is 2. The molecule has 6 nitrogen and oxygen atoms in total. The standard InChI is InChI=1S/C22H22N4O2/c27-22(20-10-9-16-5-1-4-8-19(16)28-20)26-13-11-25(12-14-26)21-17-6-2-3-7-18(17)23-15-24-21/h1-8,15,20H,9-14H2/t20-/m0/s1. The number of aryl methyl sites for hydroxylation is 1. The van der Waals surface area contributed by atoms with E-state index in [2.05, 4.69) is 27.0 Å². The molecule has 1 atom stereocenters. The Morgan fingerprint density at radius 1 is 0.964 bits per heavy atom. The molecular formula is C22H22N4O2. The third-order valence-corrected chi connectivity index (χ3v) is 5.61. The first kappa shape index (κ1) is 17.0. The van der Waals surface area contributed by atoms with Crippen molar-refractivity contribution in [2.75, 3.05) is 31.1 Å². The molecule has 0 N–H and O–H groups in total. The molecule has 1 amide bonds. The number of anilines is 1. The third-order valence-electron chi connectivity index (χ3n) is 5.61. The summed E-state index contributed by atoms with van der Waals surface area (Å²) < 4.78 is 5.99. The van der Waals surface area contributed by atoms with Crippen LogP contribution in [0.15, 0.2) is 54.9 Å². The van der Waals surface area contributed by atoms with Crippen molar-refractivity contribution in [1.82, 2.24) is 14.9 Å². The summed E-state index contributed by atoms with van der Waals surface area (Å²) in [6.07, 6.45) is 2.87. The summed E-state index contributed by atoms with van der Waals surface area (Å²) in [5.41, 5.74) is 2.13. The van der Waals surface area contributed by atoms with Crippen LogP contribution in [0.5, 0.6) is 5.75 Å². The summed E-state index contributed by atoms with van der Waals surface area (Å²) in [6, 6.07) is 16.0. The average Bonchev–Trinajstić information content (AvgIpc) is 2.78. The number of ether oxygens (including phenoxy) is 1. The van der Waals surface area contributed by atoms with E-state index in [0.29, 0.717) is 13.1 Å². The van der Waals surface area contributed by atoms with Gasteiger partial charge >= 0.3 is 0 Å². The van der Waals surface area contributed by atoms with Crippen LogP contribution in [0.25, 0.3) is 10.9 Å². The van der Waals surface area contributed by atoms with E-state index >= 15 is 0 Å². The zero-order valence-corrected chi connectivity index (χ0v) is 15.6. The highest BCUT2D eigenvalue weighted by molar-refractivity contribution is 5.89. The monoisotopic (exact) mass is 374 g/mol. The maximum absolute atomic E-state index is 13.0. The topological polar surface area (TPSA) is 58.6 Å². The fourth-order valence-electron chi connectivity index (χ4n) is 4.08. The fraction of sp³-hybridized carbons (Fsp3) is 0.318. The molecule has 1 aromatic heterocycles. The van der Waals surface area contributed by atoms with Gasteiger partial charge in [0.25, 0.3) is 5.91 Å². The zero-order chi connectivity index (χ0) is 18.9. The summed E-state index contributed by atoms with van der Waals surface area (Å²) in [4.78, 5) is 26.0. The molecule has 0 unspecified atom stereocenters. The van der Waals surface area contributed by atoms with E-state index in [1.165, 1.54) is 5.56 Å². The molecule has 28 heavy (non-hydrogen) atoms. The van der Waals surface area contributed by atoms with Crippen LogP contribution in [0.4, 0.5) is 5.82 Å². The number of amides is 1. The predicted octanol–water partition coefficient (Wildman–Crippen LogP) is 2.67. The largest absolute Gasteiger partial charge is 0.480 e. The molecule has 0 radical (unpaired) electrons. The molecule has 3 aromatic rings. The molecule has 2 aromatic carbocycles. The normalized spacial score (nSPS) is 19.2. The number of piperazine rings is 1. The second-order valence-electron chi connectivity index (χ2n) is 7.28. The van der Waals surface area contributed by atoms with E-state index in [1.807, 2.05) is 41.3 Å². The minimum absolute atomic E-state index is 0.0988. The lowest BCUT2D eigenvalue weighted by atomic mass is 10.0. The Hall–Kier alpha value is -3.15. The van der Waals surface area contributed by atoms with Crippen LogP contribution >= 0.6 is 0 Å². The number of nitrogens with zero attached hydrogens (tertiary/aromatic N) is 4. The molecule has 3 heterocycles. The highest BCUT2D eigenvalue weighted by Gasteiger charge is 2.32. The van der Waals surface area contributed by atoms with Gasteiger partial charge in [-0.1, -0.05) is 30.3 Å². The van der Waals surface area contributed by atoms with E-state index < -0.39 is 0 Å². The van der Waals surface area contributed by atoms with E-state index in [4.69, 9.17) is 4.74 Å². The van der Waals surface area contributed by atoms with Crippen LogP contribution in [0.1, 0.15) is 12.0 Å². The molecule has 1 fully saturated rings. The Labute approximate surface area is 163 Å². The molecule has 0 saturated carbocycles. The van der Waals surface area contributed by atoms with Gasteiger partial charge in [-0.25, -0.2) is 9.97 Å². The van der Waals surface area contributed by atoms with Crippen molar-refractivity contribution in [3.63, 3.8) is 0 Å². The SMILES string of the molecule is O=C([C@@H]1CCc2ccccc2O1)N1CCN(c2ncnc3ccccc23)CC1. The van der Waals surface area contributed by atoms with E-state index in [-0.39, 0.29) is 12.0 Å². The van der Waals surface area contributed by atoms with Crippen molar-refractivity contribution in [3.8, 4) is 5.75 Å². The van der Waals surface area contributed by atoms with Crippen LogP contribution in [-0.2, 0) is 11.2 Å². The molecule has 2 aliphatic heterocycles. The van der Waals surface area contributed by atoms with Crippen molar-refractivity contribution in [2.24, 2.45) is 0 Å². The van der Waals surface area contributed by atoms with Crippen molar-refractivity contribution in [1.29, 1.82) is 0 Å². The number of para-hydroxylation sites is 2. The number of carbonyl (C=O) groups excluding carboxylic acids is 1. The average molecular weight is 374 g/mol. The minimum Gasteiger partial charge on any atom is -0.480 e. The van der Waals surface area contributed by atoms with Gasteiger partial charge in [-0.05, 0) is 36.6 Å². The van der Waals surface area contributed by atoms with Gasteiger partial charge in [-0.3, -0.25) is 4.79 Å². The highest BCUT2D eigenvalue weighted by atomic mass is 16.5. The maximum atomic E-state index is 13.0. The summed E-state index contributed by atoms with van der Waals surface area (Å²) in [7, 11) is 0. The Morgan fingerprint density at radius 2 is 1.75 bits per heavy atom. The highest BCUT2D eigenvalue weighted by Crippen LogP contribution is 2.28. The van der Waals surface area contributed by atoms with Gasteiger partial charge in [-0.2, -0.15) is 0 Å². The van der Waals surface area contributed by atoms with E-state index in [1.54, 1.807) is 6.33 Å². The maximum Gasteiger partial charge on any atom is 0.263 e. The molecule has 0 bridgehead atoms. The van der Waals surface area contributed by atoms with Gasteiger partial charge in [0.2, 0.25) is 0 Å². The van der Waals surface area contributed by atoms with Crippen molar-refractivity contribution in [3.05, 3.63) is 60.4 Å². The molecule has 0 aliphatic carbocycles. The van der Waals surface area contributed by atoms with Gasteiger partial charge in [0.15, 0.2) is 6.10 Å². The number of hydrogen-bond donors (Lipinski definition) is 0. The number of hydrogen-bond acceptors (Lipinski definition) is 5. The van der Waals surface area contributed by atoms with Crippen molar-refractivity contribution < 1.29 is 9.53 Å². The Morgan fingerprint density at radius 3 is 2.64 bits per heavy atom. The smallest absolute Gasteiger partial charge is 0.263 e. The van der Waals surface area contributed by atoms with Gasteiger partial charge in [0.1, 0.15) is 17.9 Å². The zero-order valence-electron chi connectivity index (χ0n) is 15.6. The molecular weight excluding hydrogens is 352 g/mol. The quantitative estimate of drug-likeness (QED) is 0.690. The number of benzene rings is 2. The fourth-order valence-corrected chi connectivity index (χ4v) is 4.08. The van der Waals surface area contributed by atoms with E-state index in [9.17, 15) is 4.79 Å².